The summed E-state index contributed by atoms with van der Waals surface area (Å²) in [6, 6.07) is 69.3. The van der Waals surface area contributed by atoms with Crippen LogP contribution in [0.5, 0.6) is 0 Å². The highest BCUT2D eigenvalue weighted by Gasteiger charge is 2.52. The van der Waals surface area contributed by atoms with E-state index in [-0.39, 0.29) is 0 Å². The highest BCUT2D eigenvalue weighted by Crippen LogP contribution is 2.64. The van der Waals surface area contributed by atoms with Crippen molar-refractivity contribution < 1.29 is 4.42 Å². The minimum atomic E-state index is -0.431. The van der Waals surface area contributed by atoms with Gasteiger partial charge in [-0.2, -0.15) is 0 Å². The Balaban J connectivity index is 1.11. The van der Waals surface area contributed by atoms with Gasteiger partial charge in [0.2, 0.25) is 0 Å². The Morgan fingerprint density at radius 3 is 1.98 bits per heavy atom. The normalized spacial score (nSPS) is 15.5. The van der Waals surface area contributed by atoms with Crippen LogP contribution in [0, 0.1) is 0 Å². The van der Waals surface area contributed by atoms with Crippen LogP contribution >= 0.6 is 0 Å². The number of nitrogens with zero attached hydrogens (tertiary/aromatic N) is 1. The molecule has 1 heterocycles. The zero-order valence-corrected chi connectivity index (χ0v) is 33.6. The average Bonchev–Trinajstić information content (AvgIpc) is 3.93. The third kappa shape index (κ3) is 4.76. The van der Waals surface area contributed by atoms with E-state index in [2.05, 4.69) is 213 Å². The maximum Gasteiger partial charge on any atom is 0.143 e. The summed E-state index contributed by atoms with van der Waals surface area (Å²) in [6.45, 7) is 4.45. The highest BCUT2D eigenvalue weighted by molar-refractivity contribution is 6.11. The Bertz CT molecular complexity index is 3430. The van der Waals surface area contributed by atoms with Crippen LogP contribution in [0.15, 0.2) is 210 Å². The Hall–Kier alpha value is -7.42. The predicted octanol–water partition coefficient (Wildman–Crippen LogP) is 16.1. The summed E-state index contributed by atoms with van der Waals surface area (Å²) in [6.07, 6.45) is 5.56. The SMILES string of the molecule is C/C=C\C1=C(CC)c2ccccc2C12c1ccccc1-c1c(N(c3ccc(-c4cccc5c4oc4ccccc45)cc3)c3ccc4c(ccc5ccccc54)c3)cccc12. The Morgan fingerprint density at radius 1 is 0.517 bits per heavy atom. The number of allylic oxidation sites excluding steroid dienone is 4. The molecule has 284 valence electrons. The molecule has 2 aliphatic rings. The molecule has 0 bridgehead atoms. The quantitative estimate of drug-likeness (QED) is 0.157. The van der Waals surface area contributed by atoms with E-state index in [1.807, 2.05) is 6.07 Å². The van der Waals surface area contributed by atoms with Gasteiger partial charge in [-0.05, 0) is 116 Å². The third-order valence-electron chi connectivity index (χ3n) is 13.2. The van der Waals surface area contributed by atoms with E-state index < -0.39 is 5.41 Å². The maximum atomic E-state index is 6.50. The second kappa shape index (κ2) is 13.3. The topological polar surface area (TPSA) is 16.4 Å². The molecule has 0 amide bonds. The van der Waals surface area contributed by atoms with Crippen molar-refractivity contribution >= 4 is 66.1 Å². The van der Waals surface area contributed by atoms with E-state index in [0.717, 1.165) is 56.5 Å². The Labute approximate surface area is 350 Å². The molecule has 0 saturated carbocycles. The molecule has 0 fully saturated rings. The van der Waals surface area contributed by atoms with Crippen molar-refractivity contribution in [3.8, 4) is 22.3 Å². The van der Waals surface area contributed by atoms with E-state index >= 15 is 0 Å². The largest absolute Gasteiger partial charge is 0.455 e. The summed E-state index contributed by atoms with van der Waals surface area (Å²) in [7, 11) is 0. The van der Waals surface area contributed by atoms with Crippen molar-refractivity contribution in [3.63, 3.8) is 0 Å². The molecule has 9 aromatic carbocycles. The lowest BCUT2D eigenvalue weighted by Gasteiger charge is -2.33. The molecule has 2 nitrogen and oxygen atoms in total. The first kappa shape index (κ1) is 34.6. The van der Waals surface area contributed by atoms with Crippen molar-refractivity contribution in [3.05, 3.63) is 228 Å². The first-order valence-corrected chi connectivity index (χ1v) is 21.1. The number of hydrogen-bond acceptors (Lipinski definition) is 2. The van der Waals surface area contributed by atoms with Crippen LogP contribution < -0.4 is 4.90 Å². The molecular weight excluding hydrogens is 727 g/mol. The van der Waals surface area contributed by atoms with Gasteiger partial charge in [0.25, 0.3) is 0 Å². The molecule has 0 radical (unpaired) electrons. The van der Waals surface area contributed by atoms with E-state index in [0.29, 0.717) is 0 Å². The van der Waals surface area contributed by atoms with Crippen LogP contribution in [0.1, 0.15) is 42.5 Å². The molecule has 0 saturated heterocycles. The standard InChI is InChI=1S/C58H41NO/c1-3-15-50-42(4-2)46-18-7-10-23-51(46)58(50)52-24-11-8-20-49(52)56-53(58)25-14-26-54(56)59(41-34-35-44-39(36-41)29-28-37-16-5-6-17-43(37)44)40-32-30-38(31-33-40)45-21-13-22-48-47-19-9-12-27-55(47)60-57(45)48/h3,5-36H,4H2,1-2H3/b15-3-. The van der Waals surface area contributed by atoms with E-state index in [9.17, 15) is 0 Å². The molecule has 2 aliphatic carbocycles. The molecule has 12 rings (SSSR count). The second-order valence-corrected chi connectivity index (χ2v) is 16.1. The number of furan rings is 1. The van der Waals surface area contributed by atoms with Crippen molar-refractivity contribution in [1.29, 1.82) is 0 Å². The number of benzene rings is 9. The average molecular weight is 768 g/mol. The summed E-state index contributed by atoms with van der Waals surface area (Å²) in [4.78, 5) is 2.48. The number of fused-ring (bicyclic) bond motifs is 13. The van der Waals surface area contributed by atoms with E-state index in [4.69, 9.17) is 4.42 Å². The zero-order valence-electron chi connectivity index (χ0n) is 33.6. The van der Waals surface area contributed by atoms with Gasteiger partial charge >= 0.3 is 0 Å². The monoisotopic (exact) mass is 767 g/mol. The van der Waals surface area contributed by atoms with Gasteiger partial charge < -0.3 is 9.32 Å². The highest BCUT2D eigenvalue weighted by atomic mass is 16.3. The van der Waals surface area contributed by atoms with E-state index in [1.54, 1.807) is 0 Å². The third-order valence-corrected chi connectivity index (χ3v) is 13.2. The molecule has 1 aromatic heterocycles. The number of anilines is 3. The van der Waals surface area contributed by atoms with Gasteiger partial charge in [-0.3, -0.25) is 0 Å². The first-order valence-electron chi connectivity index (χ1n) is 21.1. The summed E-state index contributed by atoms with van der Waals surface area (Å²) in [5.41, 5.74) is 17.7. The molecule has 1 spiro atoms. The van der Waals surface area contributed by atoms with Crippen molar-refractivity contribution in [2.75, 3.05) is 4.90 Å². The smallest absolute Gasteiger partial charge is 0.143 e. The fourth-order valence-corrected chi connectivity index (χ4v) is 10.8. The number of para-hydroxylation sites is 2. The summed E-state index contributed by atoms with van der Waals surface area (Å²) < 4.78 is 6.50. The van der Waals surface area contributed by atoms with Gasteiger partial charge in [0.05, 0.1) is 11.1 Å². The van der Waals surface area contributed by atoms with Gasteiger partial charge in [-0.15, -0.1) is 0 Å². The maximum absolute atomic E-state index is 6.50. The minimum absolute atomic E-state index is 0.431. The van der Waals surface area contributed by atoms with Crippen LogP contribution in [-0.4, -0.2) is 0 Å². The lowest BCUT2D eigenvalue weighted by Crippen LogP contribution is -2.27. The lowest BCUT2D eigenvalue weighted by atomic mass is 9.69. The molecule has 1 unspecified atom stereocenters. The van der Waals surface area contributed by atoms with Gasteiger partial charge in [-0.25, -0.2) is 0 Å². The predicted molar refractivity (Wildman–Crippen MR) is 253 cm³/mol. The van der Waals surface area contributed by atoms with Gasteiger partial charge in [0, 0.05) is 33.3 Å². The van der Waals surface area contributed by atoms with Crippen LogP contribution in [0.25, 0.3) is 71.3 Å². The van der Waals surface area contributed by atoms with Crippen LogP contribution in [0.3, 0.4) is 0 Å². The molecule has 1 atom stereocenters. The summed E-state index contributed by atoms with van der Waals surface area (Å²) in [5, 5.41) is 7.26. The van der Waals surface area contributed by atoms with Crippen LogP contribution in [0.4, 0.5) is 17.1 Å². The van der Waals surface area contributed by atoms with E-state index in [1.165, 1.54) is 66.1 Å². The Morgan fingerprint density at radius 2 is 1.15 bits per heavy atom. The lowest BCUT2D eigenvalue weighted by molar-refractivity contribution is 0.670. The second-order valence-electron chi connectivity index (χ2n) is 16.1. The van der Waals surface area contributed by atoms with Crippen molar-refractivity contribution in [2.24, 2.45) is 0 Å². The summed E-state index contributed by atoms with van der Waals surface area (Å²) >= 11 is 0. The minimum Gasteiger partial charge on any atom is -0.455 e. The molecule has 0 aliphatic heterocycles. The van der Waals surface area contributed by atoms with Crippen LogP contribution in [-0.2, 0) is 5.41 Å². The van der Waals surface area contributed by atoms with Crippen LogP contribution in [0.2, 0.25) is 0 Å². The molecule has 0 N–H and O–H groups in total. The molecule has 60 heavy (non-hydrogen) atoms. The zero-order chi connectivity index (χ0) is 40.0. The van der Waals surface area contributed by atoms with Gasteiger partial charge in [0.1, 0.15) is 11.2 Å². The number of hydrogen-bond donors (Lipinski definition) is 0. The fraction of sp³-hybridized carbons (Fsp3) is 0.0690. The van der Waals surface area contributed by atoms with Gasteiger partial charge in [0.15, 0.2) is 0 Å². The summed E-state index contributed by atoms with van der Waals surface area (Å²) in [5.74, 6) is 0. The fourth-order valence-electron chi connectivity index (χ4n) is 10.8. The van der Waals surface area contributed by atoms with Crippen molar-refractivity contribution in [2.45, 2.75) is 25.7 Å². The van der Waals surface area contributed by atoms with Gasteiger partial charge in [-0.1, -0.05) is 171 Å². The number of rotatable bonds is 6. The molecule has 2 heteroatoms. The first-order chi connectivity index (χ1) is 29.7. The molecule has 10 aromatic rings. The molecular formula is C58H41NO. The van der Waals surface area contributed by atoms with Crippen molar-refractivity contribution in [1.82, 2.24) is 0 Å². The Kier molecular flexibility index (Phi) is 7.68.